The molecule has 0 spiro atoms. The minimum atomic E-state index is -3.45. The van der Waals surface area contributed by atoms with E-state index in [9.17, 15) is 19.2 Å². The predicted octanol–water partition coefficient (Wildman–Crippen LogP) is 2.20. The first-order valence-corrected chi connectivity index (χ1v) is 11.1. The van der Waals surface area contributed by atoms with Crippen LogP contribution in [0.2, 0.25) is 0 Å². The molecule has 0 amide bonds. The number of carbonyl (C=O) groups excluding carboxylic acids is 4. The van der Waals surface area contributed by atoms with Gasteiger partial charge in [0.05, 0.1) is 0 Å². The molecule has 29 heavy (non-hydrogen) atoms. The molecule has 0 aromatic heterocycles. The third-order valence-corrected chi connectivity index (χ3v) is 7.10. The third kappa shape index (κ3) is 7.40. The molecule has 0 aliphatic carbocycles. The summed E-state index contributed by atoms with van der Waals surface area (Å²) in [5.41, 5.74) is 0. The van der Waals surface area contributed by atoms with Crippen molar-refractivity contribution in [2.24, 2.45) is 0 Å². The number of esters is 2. The molecule has 1 rings (SSSR count). The van der Waals surface area contributed by atoms with E-state index in [1.807, 2.05) is 0 Å². The number of methoxy groups -OCH3 is 2. The molecule has 0 saturated carbocycles. The van der Waals surface area contributed by atoms with Crippen molar-refractivity contribution in [3.63, 3.8) is 0 Å². The molecule has 0 bridgehead atoms. The Labute approximate surface area is 176 Å². The van der Waals surface area contributed by atoms with Crippen LogP contribution >= 0.6 is 20.6 Å². The first-order chi connectivity index (χ1) is 13.6. The maximum absolute atomic E-state index is 11.7. The van der Waals surface area contributed by atoms with Gasteiger partial charge in [0, 0.05) is 0 Å². The molecular formula is C18H23IO10. The fourth-order valence-corrected chi connectivity index (χ4v) is 5.06. The third-order valence-electron chi connectivity index (χ3n) is 3.11. The van der Waals surface area contributed by atoms with Crippen molar-refractivity contribution in [2.75, 3.05) is 14.2 Å². The SMILES string of the molecule is COC(=O)C(C)Oc1cccc(O[C@H](C)C(=O)OC)c1I(OC(C)=O)OC(C)=O. The van der Waals surface area contributed by atoms with Crippen molar-refractivity contribution in [2.45, 2.75) is 39.9 Å². The molecule has 0 aliphatic heterocycles. The van der Waals surface area contributed by atoms with Gasteiger partial charge < -0.3 is 0 Å². The summed E-state index contributed by atoms with van der Waals surface area (Å²) in [6, 6.07) is 4.52. The van der Waals surface area contributed by atoms with Crippen molar-refractivity contribution >= 4 is 44.5 Å². The van der Waals surface area contributed by atoms with Crippen LogP contribution in [0.25, 0.3) is 0 Å². The Morgan fingerprint density at radius 2 is 1.17 bits per heavy atom. The molecule has 162 valence electrons. The topological polar surface area (TPSA) is 124 Å². The van der Waals surface area contributed by atoms with Gasteiger partial charge in [-0.05, 0) is 0 Å². The first kappa shape index (κ1) is 24.5. The number of benzene rings is 1. The summed E-state index contributed by atoms with van der Waals surface area (Å²) in [7, 11) is 2.41. The molecule has 0 radical (unpaired) electrons. The number of hydrogen-bond donors (Lipinski definition) is 0. The molecule has 0 fully saturated rings. The van der Waals surface area contributed by atoms with Gasteiger partial charge in [0.1, 0.15) is 0 Å². The van der Waals surface area contributed by atoms with Crippen LogP contribution in [0, 0.1) is 3.57 Å². The van der Waals surface area contributed by atoms with Gasteiger partial charge in [-0.1, -0.05) is 0 Å². The van der Waals surface area contributed by atoms with E-state index in [0.29, 0.717) is 0 Å². The number of hydrogen-bond acceptors (Lipinski definition) is 10. The van der Waals surface area contributed by atoms with Crippen LogP contribution in [0.5, 0.6) is 11.5 Å². The summed E-state index contributed by atoms with van der Waals surface area (Å²) in [6.07, 6.45) is -2.03. The van der Waals surface area contributed by atoms with E-state index in [2.05, 4.69) is 9.47 Å². The summed E-state index contributed by atoms with van der Waals surface area (Å²) in [5, 5.41) is 0. The Morgan fingerprint density at radius 1 is 0.793 bits per heavy atom. The first-order valence-electron chi connectivity index (χ1n) is 8.30. The summed E-state index contributed by atoms with van der Waals surface area (Å²) >= 11 is -3.45. The van der Waals surface area contributed by atoms with Crippen LogP contribution in [0.15, 0.2) is 18.2 Å². The minimum absolute atomic E-state index is 0.0881. The molecule has 0 saturated heterocycles. The van der Waals surface area contributed by atoms with E-state index in [4.69, 9.17) is 15.6 Å². The van der Waals surface area contributed by atoms with Gasteiger partial charge in [-0.2, -0.15) is 0 Å². The molecule has 11 heteroatoms. The summed E-state index contributed by atoms with van der Waals surface area (Å²) in [5.74, 6) is -2.48. The normalized spacial score (nSPS) is 12.7. The summed E-state index contributed by atoms with van der Waals surface area (Å²) in [6.45, 7) is 5.23. The van der Waals surface area contributed by atoms with Crippen LogP contribution in [0.1, 0.15) is 27.7 Å². The zero-order valence-electron chi connectivity index (χ0n) is 16.8. The number of carbonyl (C=O) groups is 4. The Kier molecular flexibility index (Phi) is 9.65. The zero-order valence-corrected chi connectivity index (χ0v) is 19.0. The second-order valence-electron chi connectivity index (χ2n) is 5.49. The molecule has 1 aromatic rings. The second-order valence-corrected chi connectivity index (χ2v) is 8.69. The average Bonchev–Trinajstić information content (AvgIpc) is 2.65. The van der Waals surface area contributed by atoms with Gasteiger partial charge in [0.25, 0.3) is 0 Å². The van der Waals surface area contributed by atoms with Crippen molar-refractivity contribution < 1.29 is 44.3 Å². The van der Waals surface area contributed by atoms with Crippen molar-refractivity contribution in [3.05, 3.63) is 21.8 Å². The van der Waals surface area contributed by atoms with E-state index in [-0.39, 0.29) is 15.1 Å². The van der Waals surface area contributed by atoms with Crippen LogP contribution in [-0.2, 0) is 34.8 Å². The van der Waals surface area contributed by atoms with E-state index >= 15 is 0 Å². The fourth-order valence-electron chi connectivity index (χ4n) is 1.92. The molecule has 0 N–H and O–H groups in total. The van der Waals surface area contributed by atoms with E-state index in [0.717, 1.165) is 13.8 Å². The van der Waals surface area contributed by atoms with Crippen LogP contribution < -0.4 is 9.47 Å². The summed E-state index contributed by atoms with van der Waals surface area (Å²) in [4.78, 5) is 46.7. The van der Waals surface area contributed by atoms with E-state index in [1.165, 1.54) is 46.3 Å². The van der Waals surface area contributed by atoms with Crippen molar-refractivity contribution in [3.8, 4) is 11.5 Å². The number of halogens is 1. The van der Waals surface area contributed by atoms with Gasteiger partial charge in [-0.15, -0.1) is 0 Å². The van der Waals surface area contributed by atoms with Crippen molar-refractivity contribution in [1.82, 2.24) is 0 Å². The van der Waals surface area contributed by atoms with E-state index < -0.39 is 56.7 Å². The van der Waals surface area contributed by atoms with E-state index in [1.54, 1.807) is 0 Å². The number of ether oxygens (including phenoxy) is 4. The number of rotatable bonds is 9. The maximum atomic E-state index is 11.7. The molecule has 2 atom stereocenters. The van der Waals surface area contributed by atoms with Crippen LogP contribution in [0.3, 0.4) is 0 Å². The molecule has 1 aromatic carbocycles. The molecule has 1 unspecified atom stereocenters. The summed E-state index contributed by atoms with van der Waals surface area (Å²) < 4.78 is 31.2. The van der Waals surface area contributed by atoms with Crippen LogP contribution in [-0.4, -0.2) is 50.3 Å². The quantitative estimate of drug-likeness (QED) is 0.350. The van der Waals surface area contributed by atoms with Crippen molar-refractivity contribution in [1.29, 1.82) is 0 Å². The van der Waals surface area contributed by atoms with Gasteiger partial charge in [0.15, 0.2) is 0 Å². The molecule has 0 aliphatic rings. The Bertz CT molecular complexity index is 705. The Morgan fingerprint density at radius 3 is 1.48 bits per heavy atom. The monoisotopic (exact) mass is 526 g/mol. The van der Waals surface area contributed by atoms with Gasteiger partial charge in [-0.3, -0.25) is 0 Å². The fraction of sp³-hybridized carbons (Fsp3) is 0.444. The van der Waals surface area contributed by atoms with Gasteiger partial charge >= 0.3 is 176 Å². The standard InChI is InChI=1S/C18H23IO10/c1-10(17(22)24-5)26-14-8-7-9-15(27-11(2)18(23)25-6)16(14)19(28-12(3)20)29-13(4)21/h7-11H,1-6H3/t10-,11?/m1/s1. The Hall–Kier alpha value is -2.57. The second kappa shape index (κ2) is 11.4. The van der Waals surface area contributed by atoms with Crippen LogP contribution in [0.4, 0.5) is 0 Å². The molecule has 0 heterocycles. The predicted molar refractivity (Wildman–Crippen MR) is 107 cm³/mol. The zero-order chi connectivity index (χ0) is 22.1. The van der Waals surface area contributed by atoms with Gasteiger partial charge in [0.2, 0.25) is 0 Å². The Balaban J connectivity index is 3.48. The molecule has 10 nitrogen and oxygen atoms in total. The van der Waals surface area contributed by atoms with Gasteiger partial charge in [-0.25, -0.2) is 0 Å². The molecular weight excluding hydrogens is 503 g/mol. The average molecular weight is 526 g/mol.